The Morgan fingerprint density at radius 1 is 1.08 bits per heavy atom. The number of hydrogen-bond donors (Lipinski definition) is 2. The molecule has 2 atom stereocenters. The van der Waals surface area contributed by atoms with Crippen LogP contribution in [0.5, 0.6) is 0 Å². The first-order chi connectivity index (χ1) is 12.0. The molecule has 1 aromatic heterocycles. The first-order valence-electron chi connectivity index (χ1n) is 8.14. The summed E-state index contributed by atoms with van der Waals surface area (Å²) in [6, 6.07) is 12.3. The van der Waals surface area contributed by atoms with Gasteiger partial charge in [-0.1, -0.05) is 18.2 Å². The number of anilines is 1. The first kappa shape index (κ1) is 16.8. The van der Waals surface area contributed by atoms with Gasteiger partial charge >= 0.3 is 0 Å². The van der Waals surface area contributed by atoms with Gasteiger partial charge in [0.25, 0.3) is 0 Å². The Morgan fingerprint density at radius 3 is 2.60 bits per heavy atom. The Labute approximate surface area is 145 Å². The second kappa shape index (κ2) is 7.25. The van der Waals surface area contributed by atoms with E-state index in [0.29, 0.717) is 24.2 Å². The largest absolute Gasteiger partial charge is 0.350 e. The van der Waals surface area contributed by atoms with E-state index in [1.54, 1.807) is 30.5 Å². The summed E-state index contributed by atoms with van der Waals surface area (Å²) in [6.07, 6.45) is 2.20. The Morgan fingerprint density at radius 2 is 1.88 bits per heavy atom. The van der Waals surface area contributed by atoms with Crippen molar-refractivity contribution in [3.8, 4) is 0 Å². The maximum absolute atomic E-state index is 12.3. The van der Waals surface area contributed by atoms with Crippen molar-refractivity contribution in [3.63, 3.8) is 0 Å². The van der Waals surface area contributed by atoms with Crippen LogP contribution < -0.4 is 10.6 Å². The summed E-state index contributed by atoms with van der Waals surface area (Å²) in [7, 11) is 0. The van der Waals surface area contributed by atoms with Gasteiger partial charge in [0.05, 0.1) is 24.1 Å². The fourth-order valence-corrected chi connectivity index (χ4v) is 2.64. The Balaban J connectivity index is 1.51. The molecular weight excluding hydrogens is 318 g/mol. The Kier molecular flexibility index (Phi) is 4.88. The summed E-state index contributed by atoms with van der Waals surface area (Å²) >= 11 is 0. The van der Waals surface area contributed by atoms with E-state index < -0.39 is 0 Å². The van der Waals surface area contributed by atoms with Crippen LogP contribution in [0.4, 0.5) is 5.69 Å². The van der Waals surface area contributed by atoms with Crippen molar-refractivity contribution in [2.75, 3.05) is 5.32 Å². The van der Waals surface area contributed by atoms with Crippen LogP contribution in [-0.2, 0) is 16.1 Å². The van der Waals surface area contributed by atoms with Gasteiger partial charge in [-0.05, 0) is 37.6 Å². The molecule has 2 N–H and O–H groups in total. The molecular formula is C19H19N3O3. The van der Waals surface area contributed by atoms with Crippen LogP contribution in [0.15, 0.2) is 48.7 Å². The number of carbonyl (C=O) groups is 3. The number of hydrogen-bond acceptors (Lipinski definition) is 4. The third kappa shape index (κ3) is 4.29. The average Bonchev–Trinajstić information content (AvgIpc) is 3.42. The highest BCUT2D eigenvalue weighted by Gasteiger charge is 2.47. The van der Waals surface area contributed by atoms with Gasteiger partial charge in [0, 0.05) is 17.4 Å². The van der Waals surface area contributed by atoms with Crippen molar-refractivity contribution in [3.05, 3.63) is 59.9 Å². The van der Waals surface area contributed by atoms with Crippen LogP contribution in [-0.4, -0.2) is 22.6 Å². The molecule has 0 saturated heterocycles. The van der Waals surface area contributed by atoms with E-state index in [1.807, 2.05) is 18.2 Å². The summed E-state index contributed by atoms with van der Waals surface area (Å²) in [5.74, 6) is -1.03. The van der Waals surface area contributed by atoms with Gasteiger partial charge in [0.15, 0.2) is 5.78 Å². The van der Waals surface area contributed by atoms with E-state index in [2.05, 4.69) is 15.6 Å². The molecule has 2 aromatic rings. The van der Waals surface area contributed by atoms with Crippen LogP contribution in [0.25, 0.3) is 0 Å². The third-order valence-electron chi connectivity index (χ3n) is 4.17. The molecule has 1 saturated carbocycles. The lowest BCUT2D eigenvalue weighted by molar-refractivity contribution is -0.125. The molecule has 0 aliphatic heterocycles. The van der Waals surface area contributed by atoms with E-state index in [-0.39, 0.29) is 29.4 Å². The van der Waals surface area contributed by atoms with E-state index in [4.69, 9.17) is 0 Å². The van der Waals surface area contributed by atoms with Crippen molar-refractivity contribution in [1.82, 2.24) is 10.3 Å². The van der Waals surface area contributed by atoms with E-state index in [9.17, 15) is 14.4 Å². The van der Waals surface area contributed by atoms with E-state index >= 15 is 0 Å². The molecule has 0 bridgehead atoms. The molecule has 6 heteroatoms. The van der Waals surface area contributed by atoms with Gasteiger partial charge in [0.1, 0.15) is 0 Å². The lowest BCUT2D eigenvalue weighted by Gasteiger charge is -2.07. The SMILES string of the molecule is CC(=O)c1cccc(NC(=O)C2CC2C(=O)NCc2ccccn2)c1. The number of pyridine rings is 1. The second-order valence-corrected chi connectivity index (χ2v) is 6.11. The zero-order chi connectivity index (χ0) is 17.8. The molecule has 25 heavy (non-hydrogen) atoms. The monoisotopic (exact) mass is 337 g/mol. The number of rotatable bonds is 6. The summed E-state index contributed by atoms with van der Waals surface area (Å²) in [5.41, 5.74) is 1.88. The van der Waals surface area contributed by atoms with Gasteiger partial charge in [-0.25, -0.2) is 0 Å². The highest BCUT2D eigenvalue weighted by Crippen LogP contribution is 2.39. The molecule has 0 radical (unpaired) electrons. The number of benzene rings is 1. The number of carbonyl (C=O) groups excluding carboxylic acids is 3. The molecule has 0 spiro atoms. The Hall–Kier alpha value is -3.02. The average molecular weight is 337 g/mol. The van der Waals surface area contributed by atoms with Crippen molar-refractivity contribution in [1.29, 1.82) is 0 Å². The summed E-state index contributed by atoms with van der Waals surface area (Å²) in [4.78, 5) is 39.9. The van der Waals surface area contributed by atoms with Gasteiger partial charge in [-0.3, -0.25) is 19.4 Å². The molecule has 2 unspecified atom stereocenters. The molecule has 1 heterocycles. The van der Waals surface area contributed by atoms with Crippen molar-refractivity contribution < 1.29 is 14.4 Å². The standard InChI is InChI=1S/C19H19N3O3/c1-12(23)13-5-4-7-14(9-13)22-19(25)17-10-16(17)18(24)21-11-15-6-2-3-8-20-15/h2-9,16-17H,10-11H2,1H3,(H,21,24)(H,22,25). The lowest BCUT2D eigenvalue weighted by atomic mass is 10.1. The molecule has 3 rings (SSSR count). The topological polar surface area (TPSA) is 88.2 Å². The zero-order valence-electron chi connectivity index (χ0n) is 13.9. The summed E-state index contributed by atoms with van der Waals surface area (Å²) in [6.45, 7) is 1.83. The highest BCUT2D eigenvalue weighted by molar-refractivity contribution is 6.01. The van der Waals surface area contributed by atoms with Crippen LogP contribution in [0.1, 0.15) is 29.4 Å². The fourth-order valence-electron chi connectivity index (χ4n) is 2.64. The minimum absolute atomic E-state index is 0.0608. The number of amides is 2. The van der Waals surface area contributed by atoms with Crippen molar-refractivity contribution in [2.45, 2.75) is 19.9 Å². The highest BCUT2D eigenvalue weighted by atomic mass is 16.2. The maximum atomic E-state index is 12.3. The summed E-state index contributed by atoms with van der Waals surface area (Å²) < 4.78 is 0. The number of Topliss-reactive ketones (excluding diaryl/α,β-unsaturated/α-hetero) is 1. The van der Waals surface area contributed by atoms with Crippen LogP contribution in [0, 0.1) is 11.8 Å². The number of nitrogens with zero attached hydrogens (tertiary/aromatic N) is 1. The minimum atomic E-state index is -0.329. The molecule has 1 aliphatic rings. The quantitative estimate of drug-likeness (QED) is 0.791. The first-order valence-corrected chi connectivity index (χ1v) is 8.14. The van der Waals surface area contributed by atoms with Crippen molar-refractivity contribution >= 4 is 23.3 Å². The predicted octanol–water partition coefficient (Wildman–Crippen LogP) is 2.18. The van der Waals surface area contributed by atoms with Crippen LogP contribution in [0.3, 0.4) is 0 Å². The van der Waals surface area contributed by atoms with Gasteiger partial charge < -0.3 is 10.6 Å². The van der Waals surface area contributed by atoms with Gasteiger partial charge in [-0.15, -0.1) is 0 Å². The van der Waals surface area contributed by atoms with E-state index in [0.717, 1.165) is 5.69 Å². The van der Waals surface area contributed by atoms with Gasteiger partial charge in [0.2, 0.25) is 11.8 Å². The lowest BCUT2D eigenvalue weighted by Crippen LogP contribution is -2.27. The third-order valence-corrected chi connectivity index (χ3v) is 4.17. The maximum Gasteiger partial charge on any atom is 0.228 e. The molecule has 1 aromatic carbocycles. The zero-order valence-corrected chi connectivity index (χ0v) is 13.9. The van der Waals surface area contributed by atoms with Crippen LogP contribution in [0.2, 0.25) is 0 Å². The van der Waals surface area contributed by atoms with Crippen molar-refractivity contribution in [2.24, 2.45) is 11.8 Å². The smallest absolute Gasteiger partial charge is 0.228 e. The molecule has 2 amide bonds. The van der Waals surface area contributed by atoms with E-state index in [1.165, 1.54) is 6.92 Å². The minimum Gasteiger partial charge on any atom is -0.350 e. The molecule has 1 fully saturated rings. The van der Waals surface area contributed by atoms with Crippen LogP contribution >= 0.6 is 0 Å². The second-order valence-electron chi connectivity index (χ2n) is 6.11. The number of nitrogens with one attached hydrogen (secondary N) is 2. The molecule has 6 nitrogen and oxygen atoms in total. The number of ketones is 1. The fraction of sp³-hybridized carbons (Fsp3) is 0.263. The molecule has 128 valence electrons. The molecule has 1 aliphatic carbocycles. The Bertz CT molecular complexity index is 805. The van der Waals surface area contributed by atoms with Gasteiger partial charge in [-0.2, -0.15) is 0 Å². The number of aromatic nitrogens is 1. The normalized spacial score (nSPS) is 18.3. The predicted molar refractivity (Wildman–Crippen MR) is 92.8 cm³/mol. The summed E-state index contributed by atoms with van der Waals surface area (Å²) in [5, 5.41) is 5.58.